The van der Waals surface area contributed by atoms with Gasteiger partial charge < -0.3 is 4.74 Å². The number of esters is 1. The second kappa shape index (κ2) is 9.28. The molecule has 1 unspecified atom stereocenters. The zero-order chi connectivity index (χ0) is 20.2. The molecular formula is C22H34N4O3. The Bertz CT molecular complexity index is 733. The van der Waals surface area contributed by atoms with Crippen LogP contribution >= 0.6 is 0 Å². The minimum absolute atomic E-state index is 0.123. The fourth-order valence-electron chi connectivity index (χ4n) is 5.12. The third-order valence-corrected chi connectivity index (χ3v) is 6.67. The number of piperidine rings is 1. The SMILES string of the molecule is CCOC(=O)C1CCc2c(c(C(=O)NN3CCCCC3)nn2C2CCCCC2)C1. The lowest BCUT2D eigenvalue weighted by Crippen LogP contribution is -2.45. The summed E-state index contributed by atoms with van der Waals surface area (Å²) in [6, 6.07) is 0.383. The monoisotopic (exact) mass is 402 g/mol. The second-order valence-electron chi connectivity index (χ2n) is 8.69. The van der Waals surface area contributed by atoms with Gasteiger partial charge in [0.2, 0.25) is 0 Å². The van der Waals surface area contributed by atoms with Crippen LogP contribution < -0.4 is 5.43 Å². The highest BCUT2D eigenvalue weighted by molar-refractivity contribution is 5.94. The molecule has 7 nitrogen and oxygen atoms in total. The second-order valence-corrected chi connectivity index (χ2v) is 8.69. The van der Waals surface area contributed by atoms with Gasteiger partial charge in [0.15, 0.2) is 5.69 Å². The van der Waals surface area contributed by atoms with Crippen LogP contribution in [0, 0.1) is 5.92 Å². The van der Waals surface area contributed by atoms with Gasteiger partial charge in [-0.2, -0.15) is 5.10 Å². The molecule has 2 fully saturated rings. The number of hydrogen-bond donors (Lipinski definition) is 1. The molecule has 1 saturated heterocycles. The summed E-state index contributed by atoms with van der Waals surface area (Å²) in [6.45, 7) is 4.02. The van der Waals surface area contributed by atoms with Crippen molar-refractivity contribution in [2.75, 3.05) is 19.7 Å². The van der Waals surface area contributed by atoms with Gasteiger partial charge in [-0.3, -0.25) is 19.7 Å². The Morgan fingerprint density at radius 3 is 2.52 bits per heavy atom. The van der Waals surface area contributed by atoms with E-state index in [4.69, 9.17) is 9.84 Å². The molecule has 1 aromatic rings. The van der Waals surface area contributed by atoms with Crippen molar-refractivity contribution >= 4 is 11.9 Å². The third-order valence-electron chi connectivity index (χ3n) is 6.67. The van der Waals surface area contributed by atoms with Gasteiger partial charge in [0, 0.05) is 24.3 Å². The summed E-state index contributed by atoms with van der Waals surface area (Å²) in [6.07, 6.45) is 11.6. The predicted molar refractivity (Wildman–Crippen MR) is 109 cm³/mol. The number of hydrazine groups is 1. The van der Waals surface area contributed by atoms with E-state index in [2.05, 4.69) is 10.1 Å². The van der Waals surface area contributed by atoms with Gasteiger partial charge in [0.05, 0.1) is 18.6 Å². The van der Waals surface area contributed by atoms with Crippen LogP contribution in [0.15, 0.2) is 0 Å². The van der Waals surface area contributed by atoms with Gasteiger partial charge in [-0.05, 0) is 51.9 Å². The van der Waals surface area contributed by atoms with E-state index in [9.17, 15) is 9.59 Å². The Morgan fingerprint density at radius 1 is 1.07 bits per heavy atom. The number of ether oxygens (including phenoxy) is 1. The van der Waals surface area contributed by atoms with Crippen LogP contribution in [-0.2, 0) is 22.4 Å². The molecule has 7 heteroatoms. The van der Waals surface area contributed by atoms with Gasteiger partial charge in [0.1, 0.15) is 0 Å². The number of carbonyl (C=O) groups is 2. The Labute approximate surface area is 173 Å². The Balaban J connectivity index is 1.59. The smallest absolute Gasteiger partial charge is 0.309 e. The molecule has 3 aliphatic rings. The highest BCUT2D eigenvalue weighted by Crippen LogP contribution is 2.35. The van der Waals surface area contributed by atoms with E-state index in [0.717, 1.165) is 57.2 Å². The van der Waals surface area contributed by atoms with Crippen LogP contribution in [0.2, 0.25) is 0 Å². The Hall–Kier alpha value is -1.89. The minimum atomic E-state index is -0.173. The Kier molecular flexibility index (Phi) is 6.53. The van der Waals surface area contributed by atoms with Crippen molar-refractivity contribution in [2.45, 2.75) is 83.6 Å². The van der Waals surface area contributed by atoms with Crippen LogP contribution in [0.4, 0.5) is 0 Å². The zero-order valence-electron chi connectivity index (χ0n) is 17.6. The summed E-state index contributed by atoms with van der Waals surface area (Å²) < 4.78 is 7.41. The highest BCUT2D eigenvalue weighted by atomic mass is 16.5. The van der Waals surface area contributed by atoms with Gasteiger partial charge >= 0.3 is 5.97 Å². The average Bonchev–Trinajstić information content (AvgIpc) is 3.14. The van der Waals surface area contributed by atoms with Gasteiger partial charge in [0.25, 0.3) is 5.91 Å². The minimum Gasteiger partial charge on any atom is -0.466 e. The number of fused-ring (bicyclic) bond motifs is 1. The summed E-state index contributed by atoms with van der Waals surface area (Å²) >= 11 is 0. The maximum absolute atomic E-state index is 13.1. The van der Waals surface area contributed by atoms with Gasteiger partial charge in [-0.25, -0.2) is 5.01 Å². The largest absolute Gasteiger partial charge is 0.466 e. The van der Waals surface area contributed by atoms with Crippen molar-refractivity contribution in [3.05, 3.63) is 17.0 Å². The van der Waals surface area contributed by atoms with E-state index >= 15 is 0 Å². The number of amides is 1. The lowest BCUT2D eigenvalue weighted by Gasteiger charge is -2.27. The van der Waals surface area contributed by atoms with E-state index in [1.807, 2.05) is 11.9 Å². The summed E-state index contributed by atoms with van der Waals surface area (Å²) in [5, 5.41) is 6.86. The number of carbonyl (C=O) groups excluding carboxylic acids is 2. The van der Waals surface area contributed by atoms with E-state index in [1.165, 1.54) is 31.4 Å². The molecule has 4 rings (SSSR count). The lowest BCUT2D eigenvalue weighted by atomic mass is 9.85. The van der Waals surface area contributed by atoms with E-state index in [0.29, 0.717) is 24.8 Å². The molecule has 0 spiro atoms. The molecule has 1 N–H and O–H groups in total. The molecular weight excluding hydrogens is 368 g/mol. The van der Waals surface area contributed by atoms with Gasteiger partial charge in [-0.1, -0.05) is 25.7 Å². The van der Waals surface area contributed by atoms with Crippen LogP contribution in [0.25, 0.3) is 0 Å². The molecule has 1 aromatic heterocycles. The molecule has 2 aliphatic carbocycles. The maximum atomic E-state index is 13.1. The predicted octanol–water partition coefficient (Wildman–Crippen LogP) is 3.19. The fraction of sp³-hybridized carbons (Fsp3) is 0.773. The molecule has 29 heavy (non-hydrogen) atoms. The van der Waals surface area contributed by atoms with Crippen LogP contribution in [-0.4, -0.2) is 46.4 Å². The number of hydrogen-bond acceptors (Lipinski definition) is 5. The Morgan fingerprint density at radius 2 is 1.79 bits per heavy atom. The summed E-state index contributed by atoms with van der Waals surface area (Å²) in [5.41, 5.74) is 5.73. The number of rotatable bonds is 5. The van der Waals surface area contributed by atoms with Crippen molar-refractivity contribution in [2.24, 2.45) is 5.92 Å². The number of nitrogens with one attached hydrogen (secondary N) is 1. The average molecular weight is 403 g/mol. The topological polar surface area (TPSA) is 76.5 Å². The number of aromatic nitrogens is 2. The van der Waals surface area contributed by atoms with E-state index in [1.54, 1.807) is 0 Å². The molecule has 160 valence electrons. The number of nitrogens with zero attached hydrogens (tertiary/aromatic N) is 3. The first-order valence-electron chi connectivity index (χ1n) is 11.5. The molecule has 1 aliphatic heterocycles. The van der Waals surface area contributed by atoms with E-state index in [-0.39, 0.29) is 17.8 Å². The summed E-state index contributed by atoms with van der Waals surface area (Å²) in [7, 11) is 0. The van der Waals surface area contributed by atoms with Crippen LogP contribution in [0.5, 0.6) is 0 Å². The molecule has 0 bridgehead atoms. The van der Waals surface area contributed by atoms with Crippen molar-refractivity contribution in [1.82, 2.24) is 20.2 Å². The van der Waals surface area contributed by atoms with Crippen LogP contribution in [0.3, 0.4) is 0 Å². The summed E-state index contributed by atoms with van der Waals surface area (Å²) in [4.78, 5) is 25.5. The van der Waals surface area contributed by atoms with E-state index < -0.39 is 0 Å². The molecule has 1 atom stereocenters. The zero-order valence-corrected chi connectivity index (χ0v) is 17.6. The van der Waals surface area contributed by atoms with Crippen molar-refractivity contribution < 1.29 is 14.3 Å². The highest BCUT2D eigenvalue weighted by Gasteiger charge is 2.35. The molecule has 2 heterocycles. The molecule has 1 saturated carbocycles. The molecule has 0 aromatic carbocycles. The lowest BCUT2D eigenvalue weighted by molar-refractivity contribution is -0.148. The normalized spacial score (nSPS) is 23.4. The van der Waals surface area contributed by atoms with Gasteiger partial charge in [-0.15, -0.1) is 0 Å². The van der Waals surface area contributed by atoms with Crippen molar-refractivity contribution in [3.8, 4) is 0 Å². The first-order chi connectivity index (χ1) is 14.2. The van der Waals surface area contributed by atoms with Crippen molar-refractivity contribution in [3.63, 3.8) is 0 Å². The standard InChI is InChI=1S/C22H34N4O3/c1-2-29-22(28)16-11-12-19-18(15-16)20(21(27)24-25-13-7-4-8-14-25)23-26(19)17-9-5-3-6-10-17/h16-17H,2-15H2,1H3,(H,24,27). The fourth-order valence-corrected chi connectivity index (χ4v) is 5.12. The molecule has 0 radical (unpaired) electrons. The maximum Gasteiger partial charge on any atom is 0.309 e. The first-order valence-corrected chi connectivity index (χ1v) is 11.5. The first kappa shape index (κ1) is 20.4. The quantitative estimate of drug-likeness (QED) is 0.766. The third kappa shape index (κ3) is 4.49. The van der Waals surface area contributed by atoms with Crippen molar-refractivity contribution in [1.29, 1.82) is 0 Å². The van der Waals surface area contributed by atoms with Crippen LogP contribution in [0.1, 0.15) is 92.5 Å². The summed E-state index contributed by atoms with van der Waals surface area (Å²) in [5.74, 6) is -0.443. The molecule has 1 amide bonds.